The normalized spacial score (nSPS) is 13.2. The Morgan fingerprint density at radius 3 is 2.20 bits per heavy atom. The van der Waals surface area contributed by atoms with Crippen molar-refractivity contribution in [1.29, 1.82) is 0 Å². The molecule has 0 aliphatic heterocycles. The summed E-state index contributed by atoms with van der Waals surface area (Å²) in [5.41, 5.74) is 1.44. The van der Waals surface area contributed by atoms with E-state index < -0.39 is 0 Å². The van der Waals surface area contributed by atoms with Crippen LogP contribution in [-0.2, 0) is 12.0 Å². The lowest BCUT2D eigenvalue weighted by atomic mass is 9.85. The van der Waals surface area contributed by atoms with Gasteiger partial charge in [0, 0.05) is 6.20 Å². The lowest BCUT2D eigenvalue weighted by Gasteiger charge is -2.21. The summed E-state index contributed by atoms with van der Waals surface area (Å²) in [6.07, 6.45) is 4.23. The summed E-state index contributed by atoms with van der Waals surface area (Å²) in [6.45, 7) is 13.2. The van der Waals surface area contributed by atoms with Crippen molar-refractivity contribution in [3.63, 3.8) is 0 Å². The van der Waals surface area contributed by atoms with Gasteiger partial charge in [-0.15, -0.1) is 5.10 Å². The minimum Gasteiger partial charge on any atom is -0.247 e. The van der Waals surface area contributed by atoms with E-state index in [0.29, 0.717) is 5.41 Å². The molecule has 3 heteroatoms. The number of hydrogen-bond acceptors (Lipinski definition) is 2. The van der Waals surface area contributed by atoms with Crippen LogP contribution >= 0.6 is 0 Å². The van der Waals surface area contributed by atoms with Crippen LogP contribution in [0, 0.1) is 5.41 Å². The van der Waals surface area contributed by atoms with E-state index in [1.807, 2.05) is 4.68 Å². The van der Waals surface area contributed by atoms with Crippen molar-refractivity contribution in [3.8, 4) is 0 Å². The van der Waals surface area contributed by atoms with Gasteiger partial charge in [0.05, 0.1) is 11.2 Å². The Balaban J connectivity index is 2.78. The van der Waals surface area contributed by atoms with Crippen molar-refractivity contribution in [2.45, 2.75) is 59.9 Å². The van der Waals surface area contributed by atoms with Crippen molar-refractivity contribution in [3.05, 3.63) is 11.9 Å². The maximum Gasteiger partial charge on any atom is 0.0832 e. The average molecular weight is 209 g/mol. The second-order valence-electron chi connectivity index (χ2n) is 6.02. The molecule has 0 unspecified atom stereocenters. The van der Waals surface area contributed by atoms with Gasteiger partial charge in [-0.1, -0.05) is 32.4 Å². The van der Waals surface area contributed by atoms with Crippen LogP contribution < -0.4 is 0 Å². The van der Waals surface area contributed by atoms with E-state index in [9.17, 15) is 0 Å². The van der Waals surface area contributed by atoms with Crippen LogP contribution in [0.15, 0.2) is 6.20 Å². The Hall–Kier alpha value is -0.860. The van der Waals surface area contributed by atoms with Crippen molar-refractivity contribution in [1.82, 2.24) is 15.0 Å². The molecule has 0 N–H and O–H groups in total. The lowest BCUT2D eigenvalue weighted by Crippen LogP contribution is -2.22. The van der Waals surface area contributed by atoms with Gasteiger partial charge in [-0.05, 0) is 32.6 Å². The number of aromatic nitrogens is 3. The molecule has 1 rings (SSSR count). The first kappa shape index (κ1) is 12.2. The average Bonchev–Trinajstić information content (AvgIpc) is 2.51. The minimum atomic E-state index is 0.0294. The smallest absolute Gasteiger partial charge is 0.0832 e. The van der Waals surface area contributed by atoms with Gasteiger partial charge >= 0.3 is 0 Å². The molecule has 0 spiro atoms. The third-order valence-electron chi connectivity index (χ3n) is 2.84. The number of hydrogen-bond donors (Lipinski definition) is 0. The molecule has 0 fully saturated rings. The topological polar surface area (TPSA) is 30.7 Å². The zero-order chi connectivity index (χ0) is 11.7. The summed E-state index contributed by atoms with van der Waals surface area (Å²) >= 11 is 0. The molecule has 86 valence electrons. The summed E-state index contributed by atoms with van der Waals surface area (Å²) in [6, 6.07) is 0. The van der Waals surface area contributed by atoms with E-state index in [-0.39, 0.29) is 5.54 Å². The summed E-state index contributed by atoms with van der Waals surface area (Å²) in [4.78, 5) is 0. The molecular weight excluding hydrogens is 186 g/mol. The Labute approximate surface area is 92.9 Å². The zero-order valence-corrected chi connectivity index (χ0v) is 10.8. The molecule has 0 bridgehead atoms. The fraction of sp³-hybridized carbons (Fsp3) is 0.833. The van der Waals surface area contributed by atoms with Gasteiger partial charge in [-0.25, -0.2) is 4.68 Å². The minimum absolute atomic E-state index is 0.0294. The molecule has 0 radical (unpaired) electrons. The second-order valence-corrected chi connectivity index (χ2v) is 6.02. The Morgan fingerprint density at radius 1 is 1.20 bits per heavy atom. The monoisotopic (exact) mass is 209 g/mol. The maximum atomic E-state index is 4.23. The van der Waals surface area contributed by atoms with Crippen LogP contribution in [0.1, 0.15) is 53.7 Å². The first-order valence-corrected chi connectivity index (χ1v) is 5.66. The molecule has 0 saturated heterocycles. The Kier molecular flexibility index (Phi) is 3.22. The zero-order valence-electron chi connectivity index (χ0n) is 10.8. The van der Waals surface area contributed by atoms with E-state index in [0.717, 1.165) is 18.5 Å². The maximum absolute atomic E-state index is 4.23. The molecule has 15 heavy (non-hydrogen) atoms. The third kappa shape index (κ3) is 3.33. The molecule has 1 heterocycles. The molecule has 3 nitrogen and oxygen atoms in total. The molecule has 0 aliphatic carbocycles. The van der Waals surface area contributed by atoms with Crippen molar-refractivity contribution in [2.75, 3.05) is 0 Å². The van der Waals surface area contributed by atoms with E-state index in [4.69, 9.17) is 0 Å². The largest absolute Gasteiger partial charge is 0.247 e. The van der Waals surface area contributed by atoms with Gasteiger partial charge < -0.3 is 0 Å². The Bertz CT molecular complexity index is 318. The van der Waals surface area contributed by atoms with E-state index in [1.54, 1.807) is 0 Å². The predicted molar refractivity (Wildman–Crippen MR) is 62.8 cm³/mol. The predicted octanol–water partition coefficient (Wildman–Crippen LogP) is 3.01. The summed E-state index contributed by atoms with van der Waals surface area (Å²) in [5, 5.41) is 8.40. The molecule has 1 aromatic rings. The molecule has 0 amide bonds. The van der Waals surface area contributed by atoms with Gasteiger partial charge in [0.25, 0.3) is 0 Å². The lowest BCUT2D eigenvalue weighted by molar-refractivity contribution is 0.343. The van der Waals surface area contributed by atoms with Gasteiger partial charge in [0.2, 0.25) is 0 Å². The summed E-state index contributed by atoms with van der Waals surface area (Å²) in [5.74, 6) is 0. The molecule has 0 aromatic carbocycles. The fourth-order valence-corrected chi connectivity index (χ4v) is 1.32. The van der Waals surface area contributed by atoms with Crippen LogP contribution in [0.5, 0.6) is 0 Å². The van der Waals surface area contributed by atoms with Crippen LogP contribution in [0.25, 0.3) is 0 Å². The van der Waals surface area contributed by atoms with Crippen molar-refractivity contribution in [2.24, 2.45) is 5.41 Å². The highest BCUT2D eigenvalue weighted by atomic mass is 15.4. The fourth-order valence-electron chi connectivity index (χ4n) is 1.32. The highest BCUT2D eigenvalue weighted by Crippen LogP contribution is 2.24. The number of nitrogens with zero attached hydrogens (tertiary/aromatic N) is 3. The molecule has 0 atom stereocenters. The highest BCUT2D eigenvalue weighted by Gasteiger charge is 2.20. The first-order chi connectivity index (χ1) is 6.74. The quantitative estimate of drug-likeness (QED) is 0.766. The van der Waals surface area contributed by atoms with Crippen LogP contribution in [0.3, 0.4) is 0 Å². The van der Waals surface area contributed by atoms with Crippen LogP contribution in [0.4, 0.5) is 0 Å². The molecule has 1 aromatic heterocycles. The standard InChI is InChI=1S/C12H23N3/c1-7-12(5,6)8-10-9-15(14-13-10)11(2,3)4/h9H,7-8H2,1-6H3. The van der Waals surface area contributed by atoms with E-state index in [2.05, 4.69) is 58.1 Å². The van der Waals surface area contributed by atoms with Gasteiger partial charge in [-0.3, -0.25) is 0 Å². The Morgan fingerprint density at radius 2 is 1.80 bits per heavy atom. The van der Waals surface area contributed by atoms with Gasteiger partial charge in [-0.2, -0.15) is 0 Å². The van der Waals surface area contributed by atoms with Crippen molar-refractivity contribution < 1.29 is 0 Å². The highest BCUT2D eigenvalue weighted by molar-refractivity contribution is 4.98. The molecule has 0 aliphatic rings. The van der Waals surface area contributed by atoms with Gasteiger partial charge in [0.15, 0.2) is 0 Å². The number of rotatable bonds is 3. The van der Waals surface area contributed by atoms with Gasteiger partial charge in [0.1, 0.15) is 0 Å². The van der Waals surface area contributed by atoms with E-state index in [1.165, 1.54) is 0 Å². The van der Waals surface area contributed by atoms with Crippen LogP contribution in [0.2, 0.25) is 0 Å². The first-order valence-electron chi connectivity index (χ1n) is 5.66. The SMILES string of the molecule is CCC(C)(C)Cc1cn(C(C)(C)C)nn1. The van der Waals surface area contributed by atoms with Crippen LogP contribution in [-0.4, -0.2) is 15.0 Å². The third-order valence-corrected chi connectivity index (χ3v) is 2.84. The second kappa shape index (κ2) is 3.95. The van der Waals surface area contributed by atoms with Crippen molar-refractivity contribution >= 4 is 0 Å². The summed E-state index contributed by atoms with van der Waals surface area (Å²) in [7, 11) is 0. The van der Waals surface area contributed by atoms with E-state index >= 15 is 0 Å². The summed E-state index contributed by atoms with van der Waals surface area (Å²) < 4.78 is 1.94. The molecule has 0 saturated carbocycles. The molecular formula is C12H23N3.